The average molecular weight is 284 g/mol. The molecule has 3 unspecified atom stereocenters. The van der Waals surface area contributed by atoms with E-state index in [9.17, 15) is 4.79 Å². The molecule has 4 nitrogen and oxygen atoms in total. The molecular weight excluding hydrogens is 252 g/mol. The summed E-state index contributed by atoms with van der Waals surface area (Å²) in [6.45, 7) is 7.49. The average Bonchev–Trinajstić information content (AvgIpc) is 2.44. The third-order valence-corrected chi connectivity index (χ3v) is 4.77. The van der Waals surface area contributed by atoms with Gasteiger partial charge in [-0.15, -0.1) is 0 Å². The summed E-state index contributed by atoms with van der Waals surface area (Å²) in [5.74, 6) is 0.685. The maximum atomic E-state index is 12.0. The second kappa shape index (κ2) is 7.99. The molecule has 0 saturated heterocycles. The maximum Gasteiger partial charge on any atom is 0.326 e. The number of likely N-dealkylation sites (N-methyl/N-ethyl adjacent to an activating group) is 1. The fraction of sp³-hybridized carbons (Fsp3) is 0.938. The molecule has 0 aromatic rings. The number of hydrogen-bond donors (Lipinski definition) is 1. The van der Waals surface area contributed by atoms with Crippen molar-refractivity contribution in [3.63, 3.8) is 0 Å². The third-order valence-electron chi connectivity index (χ3n) is 4.77. The van der Waals surface area contributed by atoms with Crippen LogP contribution in [0.4, 0.5) is 0 Å². The SMILES string of the molecule is CCOC(=O)C(C)(CCN(C)C1CCCC(C)C1)NC. The highest BCUT2D eigenvalue weighted by Gasteiger charge is 2.33. The lowest BCUT2D eigenvalue weighted by molar-refractivity contribution is -0.150. The van der Waals surface area contributed by atoms with Gasteiger partial charge in [-0.05, 0) is 53.1 Å². The van der Waals surface area contributed by atoms with Gasteiger partial charge in [-0.3, -0.25) is 4.79 Å². The van der Waals surface area contributed by atoms with E-state index in [0.29, 0.717) is 12.6 Å². The van der Waals surface area contributed by atoms with E-state index < -0.39 is 5.54 Å². The smallest absolute Gasteiger partial charge is 0.326 e. The van der Waals surface area contributed by atoms with Crippen LogP contribution in [0.1, 0.15) is 52.9 Å². The summed E-state index contributed by atoms with van der Waals surface area (Å²) in [5.41, 5.74) is -0.579. The van der Waals surface area contributed by atoms with E-state index in [-0.39, 0.29) is 5.97 Å². The molecule has 1 rings (SSSR count). The minimum Gasteiger partial charge on any atom is -0.465 e. The van der Waals surface area contributed by atoms with Gasteiger partial charge in [0.1, 0.15) is 5.54 Å². The highest BCUT2D eigenvalue weighted by molar-refractivity contribution is 5.80. The summed E-state index contributed by atoms with van der Waals surface area (Å²) in [6, 6.07) is 0.669. The van der Waals surface area contributed by atoms with E-state index in [0.717, 1.165) is 18.9 Å². The van der Waals surface area contributed by atoms with Crippen LogP contribution in [0.25, 0.3) is 0 Å². The molecule has 20 heavy (non-hydrogen) atoms. The lowest BCUT2D eigenvalue weighted by Crippen LogP contribution is -2.51. The Balaban J connectivity index is 2.48. The molecule has 0 spiro atoms. The molecule has 0 bridgehead atoms. The first-order valence-corrected chi connectivity index (χ1v) is 7.99. The maximum absolute atomic E-state index is 12.0. The number of ether oxygens (including phenoxy) is 1. The van der Waals surface area contributed by atoms with E-state index in [1.54, 1.807) is 0 Å². The normalized spacial score (nSPS) is 26.3. The quantitative estimate of drug-likeness (QED) is 0.729. The van der Waals surface area contributed by atoms with Crippen LogP contribution >= 0.6 is 0 Å². The minimum absolute atomic E-state index is 0.145. The van der Waals surface area contributed by atoms with E-state index in [4.69, 9.17) is 4.74 Å². The van der Waals surface area contributed by atoms with Crippen molar-refractivity contribution < 1.29 is 9.53 Å². The molecule has 1 aliphatic carbocycles. The van der Waals surface area contributed by atoms with Crippen LogP contribution in [0.2, 0.25) is 0 Å². The van der Waals surface area contributed by atoms with Crippen molar-refractivity contribution >= 4 is 5.97 Å². The second-order valence-electron chi connectivity index (χ2n) is 6.46. The van der Waals surface area contributed by atoms with Gasteiger partial charge in [-0.2, -0.15) is 0 Å². The summed E-state index contributed by atoms with van der Waals surface area (Å²) in [6.07, 6.45) is 6.05. The van der Waals surface area contributed by atoms with E-state index in [1.165, 1.54) is 25.7 Å². The van der Waals surface area contributed by atoms with Gasteiger partial charge in [0.05, 0.1) is 6.61 Å². The molecule has 1 aliphatic rings. The van der Waals surface area contributed by atoms with Crippen LogP contribution in [0.3, 0.4) is 0 Å². The Morgan fingerprint density at radius 2 is 2.15 bits per heavy atom. The van der Waals surface area contributed by atoms with Crippen molar-refractivity contribution in [2.75, 3.05) is 27.2 Å². The Morgan fingerprint density at radius 3 is 2.70 bits per heavy atom. The number of nitrogens with zero attached hydrogens (tertiary/aromatic N) is 1. The van der Waals surface area contributed by atoms with Crippen molar-refractivity contribution in [2.45, 2.75) is 64.5 Å². The first-order chi connectivity index (χ1) is 9.42. The van der Waals surface area contributed by atoms with Gasteiger partial charge in [0.2, 0.25) is 0 Å². The number of carbonyl (C=O) groups is 1. The van der Waals surface area contributed by atoms with Gasteiger partial charge in [0, 0.05) is 12.6 Å². The highest BCUT2D eigenvalue weighted by atomic mass is 16.5. The largest absolute Gasteiger partial charge is 0.465 e. The summed E-state index contributed by atoms with van der Waals surface area (Å²) in [5, 5.41) is 3.13. The molecule has 0 aromatic heterocycles. The number of carbonyl (C=O) groups excluding carboxylic acids is 1. The Hall–Kier alpha value is -0.610. The number of hydrogen-bond acceptors (Lipinski definition) is 4. The molecule has 0 aromatic carbocycles. The monoisotopic (exact) mass is 284 g/mol. The molecule has 1 fully saturated rings. The second-order valence-corrected chi connectivity index (χ2v) is 6.46. The minimum atomic E-state index is -0.579. The fourth-order valence-corrected chi connectivity index (χ4v) is 3.00. The summed E-state index contributed by atoms with van der Waals surface area (Å²) >= 11 is 0. The molecule has 0 aliphatic heterocycles. The standard InChI is InChI=1S/C16H32N2O2/c1-6-20-15(19)16(3,17-4)10-11-18(5)14-9-7-8-13(2)12-14/h13-14,17H,6-12H2,1-5H3. The zero-order valence-corrected chi connectivity index (χ0v) is 13.9. The topological polar surface area (TPSA) is 41.6 Å². The summed E-state index contributed by atoms with van der Waals surface area (Å²) in [7, 11) is 4.02. The summed E-state index contributed by atoms with van der Waals surface area (Å²) < 4.78 is 5.17. The van der Waals surface area contributed by atoms with Crippen molar-refractivity contribution in [1.29, 1.82) is 0 Å². The Kier molecular flexibility index (Phi) is 6.96. The molecule has 0 heterocycles. The zero-order chi connectivity index (χ0) is 15.2. The van der Waals surface area contributed by atoms with Gasteiger partial charge in [0.25, 0.3) is 0 Å². The van der Waals surface area contributed by atoms with Crippen molar-refractivity contribution in [2.24, 2.45) is 5.92 Å². The van der Waals surface area contributed by atoms with Crippen molar-refractivity contribution in [3.05, 3.63) is 0 Å². The van der Waals surface area contributed by atoms with Crippen LogP contribution in [0.5, 0.6) is 0 Å². The molecule has 0 radical (unpaired) electrons. The molecule has 0 amide bonds. The van der Waals surface area contributed by atoms with E-state index in [1.807, 2.05) is 20.9 Å². The van der Waals surface area contributed by atoms with E-state index in [2.05, 4.69) is 24.2 Å². The summed E-state index contributed by atoms with van der Waals surface area (Å²) in [4.78, 5) is 14.5. The van der Waals surface area contributed by atoms with Gasteiger partial charge >= 0.3 is 5.97 Å². The molecular formula is C16H32N2O2. The van der Waals surface area contributed by atoms with Gasteiger partial charge in [0.15, 0.2) is 0 Å². The highest BCUT2D eigenvalue weighted by Crippen LogP contribution is 2.27. The predicted molar refractivity (Wildman–Crippen MR) is 82.8 cm³/mol. The van der Waals surface area contributed by atoms with E-state index >= 15 is 0 Å². The zero-order valence-electron chi connectivity index (χ0n) is 13.9. The first kappa shape index (κ1) is 17.4. The molecule has 1 saturated carbocycles. The Labute approximate surface area is 124 Å². The van der Waals surface area contributed by atoms with Crippen molar-refractivity contribution in [1.82, 2.24) is 10.2 Å². The lowest BCUT2D eigenvalue weighted by atomic mass is 9.86. The van der Waals surface area contributed by atoms with Gasteiger partial charge in [-0.1, -0.05) is 19.8 Å². The predicted octanol–water partition coefficient (Wildman–Crippen LogP) is 2.43. The number of nitrogens with one attached hydrogen (secondary N) is 1. The molecule has 3 atom stereocenters. The lowest BCUT2D eigenvalue weighted by Gasteiger charge is -2.36. The van der Waals surface area contributed by atoms with Crippen LogP contribution < -0.4 is 5.32 Å². The number of esters is 1. The molecule has 1 N–H and O–H groups in total. The Bertz CT molecular complexity index is 309. The molecule has 4 heteroatoms. The number of rotatable bonds is 7. The van der Waals surface area contributed by atoms with Crippen LogP contribution in [0, 0.1) is 5.92 Å². The van der Waals surface area contributed by atoms with Crippen LogP contribution in [-0.4, -0.2) is 49.7 Å². The Morgan fingerprint density at radius 1 is 1.45 bits per heavy atom. The molecule has 118 valence electrons. The first-order valence-electron chi connectivity index (χ1n) is 7.99. The van der Waals surface area contributed by atoms with Gasteiger partial charge < -0.3 is 15.0 Å². The van der Waals surface area contributed by atoms with Crippen molar-refractivity contribution in [3.8, 4) is 0 Å². The fourth-order valence-electron chi connectivity index (χ4n) is 3.00. The van der Waals surface area contributed by atoms with Gasteiger partial charge in [-0.25, -0.2) is 0 Å². The van der Waals surface area contributed by atoms with Crippen LogP contribution in [0.15, 0.2) is 0 Å². The third kappa shape index (κ3) is 4.74. The van der Waals surface area contributed by atoms with Crippen LogP contribution in [-0.2, 0) is 9.53 Å².